The normalized spacial score (nSPS) is 11.6. The van der Waals surface area contributed by atoms with Gasteiger partial charge in [0, 0.05) is 40.2 Å². The maximum absolute atomic E-state index is 9.08. The Morgan fingerprint density at radius 1 is 0.649 bits per heavy atom. The molecule has 0 saturated carbocycles. The molecule has 0 aliphatic rings. The zero-order chi connectivity index (χ0) is 39.5. The molecule has 1 radical (unpaired) electrons. The number of rotatable bonds is 7. The number of nitrogens with zero attached hydrogens (tertiary/aromatic N) is 3. The van der Waals surface area contributed by atoms with E-state index < -0.39 is 6.37 Å². The van der Waals surface area contributed by atoms with Crippen LogP contribution in [-0.4, -0.2) is 14.5 Å². The third-order valence-electron chi connectivity index (χ3n) is 9.66. The van der Waals surface area contributed by atoms with Gasteiger partial charge >= 0.3 is 0 Å². The predicted octanol–water partition coefficient (Wildman–Crippen LogP) is 13.5. The van der Waals surface area contributed by atoms with Crippen LogP contribution in [-0.2, 0) is 26.5 Å². The van der Waals surface area contributed by atoms with Gasteiger partial charge in [0.25, 0.3) is 0 Å². The van der Waals surface area contributed by atoms with Crippen LogP contribution in [0.1, 0.15) is 19.4 Å². The Hall–Kier alpha value is -6.23. The van der Waals surface area contributed by atoms with Crippen molar-refractivity contribution < 1.29 is 22.8 Å². The molecule has 0 bridgehead atoms. The van der Waals surface area contributed by atoms with Crippen molar-refractivity contribution in [2.75, 3.05) is 0 Å². The third kappa shape index (κ3) is 8.05. The Labute approximate surface area is 354 Å². The first-order valence-corrected chi connectivity index (χ1v) is 19.4. The molecule has 0 spiro atoms. The number of thiophene rings is 1. The second-order valence-corrected chi connectivity index (χ2v) is 14.3. The minimum Gasteiger partial charge on any atom is -0.332 e. The first-order chi connectivity index (χ1) is 28.5. The fourth-order valence-electron chi connectivity index (χ4n) is 7.10. The van der Waals surface area contributed by atoms with E-state index in [-0.39, 0.29) is 20.1 Å². The summed E-state index contributed by atoms with van der Waals surface area (Å²) in [7, 11) is 0. The van der Waals surface area contributed by atoms with E-state index in [0.29, 0.717) is 11.1 Å². The van der Waals surface area contributed by atoms with Gasteiger partial charge < -0.3 is 9.55 Å². The van der Waals surface area contributed by atoms with Gasteiger partial charge in [-0.2, -0.15) is 0 Å². The van der Waals surface area contributed by atoms with Crippen LogP contribution in [0.25, 0.3) is 71.7 Å². The van der Waals surface area contributed by atoms with E-state index >= 15 is 0 Å². The summed E-state index contributed by atoms with van der Waals surface area (Å²) in [4.78, 5) is 9.49. The standard InChI is InChI=1S/C41H29N2S.C11H8N.Ir/c1-28-23-33(31-15-7-3-8-16-31)40(34(24-28)32-17-9-4-10-18-32)43-38-20-12-11-19-37(38)42-41(43)36-27-44-39-22-21-30(26-35(36)39)25-29-13-5-2-6-14-29;1-2-6-10(7-3-1)11-8-4-5-9-12-11;/h2-24,26H,25H2,1H3;1-6,8-9H;/q2*-1;/i25D2;;. The molecule has 0 unspecified atom stereocenters. The van der Waals surface area contributed by atoms with Gasteiger partial charge in [0.15, 0.2) is 0 Å². The first kappa shape index (κ1) is 35.2. The van der Waals surface area contributed by atoms with Gasteiger partial charge in [-0.05, 0) is 71.6 Å². The van der Waals surface area contributed by atoms with E-state index in [4.69, 9.17) is 7.73 Å². The van der Waals surface area contributed by atoms with Crippen molar-refractivity contribution in [3.8, 4) is 50.6 Å². The fraction of sp³-hybridized carbons (Fsp3) is 0.0385. The molecule has 0 fully saturated rings. The molecule has 3 aromatic heterocycles. The molecule has 7 aromatic carbocycles. The summed E-state index contributed by atoms with van der Waals surface area (Å²) in [6.45, 7) is 2.15. The monoisotopic (exact) mass is 930 g/mol. The van der Waals surface area contributed by atoms with Gasteiger partial charge in [-0.25, -0.2) is 0 Å². The second kappa shape index (κ2) is 17.3. The van der Waals surface area contributed by atoms with Crippen molar-refractivity contribution in [1.29, 1.82) is 0 Å². The van der Waals surface area contributed by atoms with Gasteiger partial charge in [0.2, 0.25) is 0 Å². The molecular formula is C52H37IrN3S-2. The van der Waals surface area contributed by atoms with Crippen LogP contribution in [0.15, 0.2) is 194 Å². The maximum Gasteiger partial charge on any atom is 0.0774 e. The minimum absolute atomic E-state index is 0. The van der Waals surface area contributed by atoms with Crippen LogP contribution in [0.5, 0.6) is 0 Å². The molecule has 0 atom stereocenters. The largest absolute Gasteiger partial charge is 0.332 e. The molecule has 0 amide bonds. The number of para-hydroxylation sites is 2. The molecular weight excluding hydrogens is 891 g/mol. The maximum atomic E-state index is 9.08. The van der Waals surface area contributed by atoms with Crippen LogP contribution in [0.2, 0.25) is 0 Å². The molecule has 57 heavy (non-hydrogen) atoms. The summed E-state index contributed by atoms with van der Waals surface area (Å²) >= 11 is 1.54. The first-order valence-electron chi connectivity index (χ1n) is 19.6. The zero-order valence-corrected chi connectivity index (χ0v) is 34.3. The van der Waals surface area contributed by atoms with Crippen molar-refractivity contribution in [1.82, 2.24) is 14.5 Å². The molecule has 277 valence electrons. The van der Waals surface area contributed by atoms with Crippen molar-refractivity contribution >= 4 is 32.5 Å². The SMILES string of the molecule is [2H]C([2H])(c1ccccc1)c1ccc2s[c-]c(-c3nc4ccccc4n3-c3c(-c4ccccc4)cc(C)cc3-c3ccccc3)c2c1.[Ir].[c-]1ccccc1-c1ccccn1. The van der Waals surface area contributed by atoms with Gasteiger partial charge in [-0.3, -0.25) is 16.3 Å². The molecule has 0 aliphatic carbocycles. The minimum atomic E-state index is -1.66. The average Bonchev–Trinajstić information content (AvgIpc) is 3.89. The average molecular weight is 930 g/mol. The molecule has 0 saturated heterocycles. The van der Waals surface area contributed by atoms with E-state index in [0.717, 1.165) is 71.7 Å². The summed E-state index contributed by atoms with van der Waals surface area (Å²) in [6, 6.07) is 66.0. The van der Waals surface area contributed by atoms with E-state index in [1.807, 2.05) is 109 Å². The molecule has 10 aromatic rings. The van der Waals surface area contributed by atoms with Gasteiger partial charge in [0.1, 0.15) is 0 Å². The van der Waals surface area contributed by atoms with E-state index in [2.05, 4.69) is 107 Å². The molecule has 3 nitrogen and oxygen atoms in total. The smallest absolute Gasteiger partial charge is 0.0774 e. The summed E-state index contributed by atoms with van der Waals surface area (Å²) in [5.74, 6) is 0.781. The quantitative estimate of drug-likeness (QED) is 0.149. The summed E-state index contributed by atoms with van der Waals surface area (Å²) in [5, 5.41) is 4.52. The van der Waals surface area contributed by atoms with Crippen molar-refractivity contribution in [2.45, 2.75) is 13.3 Å². The van der Waals surface area contributed by atoms with E-state index in [1.165, 1.54) is 5.56 Å². The molecule has 10 rings (SSSR count). The third-order valence-corrected chi connectivity index (χ3v) is 10.5. The second-order valence-electron chi connectivity index (χ2n) is 13.5. The number of hydrogen-bond acceptors (Lipinski definition) is 3. The Bertz CT molecular complexity index is 2870. The molecule has 0 aliphatic heterocycles. The molecule has 3 heterocycles. The van der Waals surface area contributed by atoms with E-state index in [9.17, 15) is 0 Å². The van der Waals surface area contributed by atoms with Crippen LogP contribution in [0.3, 0.4) is 0 Å². The Morgan fingerprint density at radius 3 is 1.96 bits per heavy atom. The van der Waals surface area contributed by atoms with Crippen molar-refractivity contribution in [3.05, 3.63) is 222 Å². The summed E-state index contributed by atoms with van der Waals surface area (Å²) in [5.41, 5.74) is 12.7. The predicted molar refractivity (Wildman–Crippen MR) is 234 cm³/mol. The van der Waals surface area contributed by atoms with Crippen LogP contribution >= 0.6 is 11.3 Å². The van der Waals surface area contributed by atoms with E-state index in [1.54, 1.807) is 17.5 Å². The Kier molecular flexibility index (Phi) is 10.7. The number of aryl methyl sites for hydroxylation is 1. The number of pyridine rings is 1. The van der Waals surface area contributed by atoms with Gasteiger partial charge in [0.05, 0.1) is 22.5 Å². The van der Waals surface area contributed by atoms with Crippen molar-refractivity contribution in [3.63, 3.8) is 0 Å². The van der Waals surface area contributed by atoms with Crippen LogP contribution in [0, 0.1) is 18.4 Å². The van der Waals surface area contributed by atoms with Gasteiger partial charge in [-0.1, -0.05) is 149 Å². The summed E-state index contributed by atoms with van der Waals surface area (Å²) in [6.07, 6.45) is 0.128. The van der Waals surface area contributed by atoms with Crippen LogP contribution < -0.4 is 0 Å². The Balaban J connectivity index is 0.000000319. The van der Waals surface area contributed by atoms with Crippen molar-refractivity contribution in [2.24, 2.45) is 0 Å². The molecule has 0 N–H and O–H groups in total. The topological polar surface area (TPSA) is 30.7 Å². The number of fused-ring (bicyclic) bond motifs is 2. The summed E-state index contributed by atoms with van der Waals surface area (Å²) < 4.78 is 21.5. The molecule has 5 heteroatoms. The number of imidazole rings is 1. The number of benzene rings is 7. The fourth-order valence-corrected chi connectivity index (χ4v) is 7.92. The Morgan fingerprint density at radius 2 is 1.30 bits per heavy atom. The number of hydrogen-bond donors (Lipinski definition) is 0. The van der Waals surface area contributed by atoms with Gasteiger partial charge in [-0.15, -0.1) is 47.3 Å². The number of aromatic nitrogens is 3. The van der Waals surface area contributed by atoms with Crippen LogP contribution in [0.4, 0.5) is 0 Å². The zero-order valence-electron chi connectivity index (χ0n) is 33.1.